The Morgan fingerprint density at radius 3 is 2.42 bits per heavy atom. The average molecular weight is 357 g/mol. The fraction of sp³-hybridized carbons (Fsp3) is 0.250. The quantitative estimate of drug-likeness (QED) is 0.543. The van der Waals surface area contributed by atoms with E-state index in [9.17, 15) is 0 Å². The number of hydrogen-bond donors (Lipinski definition) is 0. The number of rotatable bonds is 2. The van der Waals surface area contributed by atoms with Crippen molar-refractivity contribution in [2.45, 2.75) is 19.3 Å². The Labute approximate surface area is 152 Å². The number of piperidine rings is 1. The second-order valence-electron chi connectivity index (χ2n) is 6.22. The molecule has 0 N–H and O–H groups in total. The number of benzene rings is 2. The molecule has 0 radical (unpaired) electrons. The second kappa shape index (κ2) is 6.62. The molecule has 2 nitrogen and oxygen atoms in total. The maximum atomic E-state index is 6.56. The minimum absolute atomic E-state index is 0.710. The number of nitrogens with zero attached hydrogens (tertiary/aromatic N) is 2. The first-order valence-electron chi connectivity index (χ1n) is 8.32. The largest absolute Gasteiger partial charge is 0.356 e. The lowest BCUT2D eigenvalue weighted by Gasteiger charge is -2.28. The van der Waals surface area contributed by atoms with Crippen molar-refractivity contribution in [3.05, 3.63) is 58.7 Å². The Kier molecular flexibility index (Phi) is 4.34. The molecule has 1 aliphatic rings. The molecular weight excluding hydrogens is 339 g/mol. The zero-order valence-electron chi connectivity index (χ0n) is 13.3. The highest BCUT2D eigenvalue weighted by Crippen LogP contribution is 2.38. The van der Waals surface area contributed by atoms with Crippen LogP contribution in [0.5, 0.6) is 0 Å². The molecule has 3 aromatic rings. The highest BCUT2D eigenvalue weighted by Gasteiger charge is 2.17. The van der Waals surface area contributed by atoms with Crippen molar-refractivity contribution in [3.63, 3.8) is 0 Å². The van der Waals surface area contributed by atoms with Gasteiger partial charge in [0, 0.05) is 45.8 Å². The minimum Gasteiger partial charge on any atom is -0.356 e. The van der Waals surface area contributed by atoms with Crippen molar-refractivity contribution in [3.8, 4) is 11.1 Å². The van der Waals surface area contributed by atoms with Crippen LogP contribution in [0.1, 0.15) is 19.3 Å². The van der Waals surface area contributed by atoms with Gasteiger partial charge in [-0.15, -0.1) is 0 Å². The predicted molar refractivity (Wildman–Crippen MR) is 103 cm³/mol. The summed E-state index contributed by atoms with van der Waals surface area (Å²) in [4.78, 5) is 7.05. The van der Waals surface area contributed by atoms with Crippen molar-refractivity contribution in [2.75, 3.05) is 18.0 Å². The number of anilines is 1. The molecule has 0 unspecified atom stereocenters. The Bertz CT molecular complexity index is 886. The maximum absolute atomic E-state index is 6.56. The highest BCUT2D eigenvalue weighted by molar-refractivity contribution is 6.37. The topological polar surface area (TPSA) is 16.1 Å². The summed E-state index contributed by atoms with van der Waals surface area (Å²) < 4.78 is 0. The van der Waals surface area contributed by atoms with Gasteiger partial charge < -0.3 is 4.90 Å². The lowest BCUT2D eigenvalue weighted by atomic mass is 10.0. The number of fused-ring (bicyclic) bond motifs is 1. The average Bonchev–Trinajstić information content (AvgIpc) is 2.62. The molecule has 1 fully saturated rings. The Hall–Kier alpha value is -1.77. The lowest BCUT2D eigenvalue weighted by Crippen LogP contribution is -2.30. The summed E-state index contributed by atoms with van der Waals surface area (Å²) in [6, 6.07) is 14.0. The van der Waals surface area contributed by atoms with E-state index in [2.05, 4.69) is 16.0 Å². The van der Waals surface area contributed by atoms with E-state index in [0.717, 1.165) is 40.8 Å². The molecule has 0 bridgehead atoms. The highest BCUT2D eigenvalue weighted by atomic mass is 35.5. The van der Waals surface area contributed by atoms with Gasteiger partial charge in [-0.05, 0) is 48.9 Å². The van der Waals surface area contributed by atoms with Gasteiger partial charge in [0.1, 0.15) is 5.82 Å². The van der Waals surface area contributed by atoms with Gasteiger partial charge >= 0.3 is 0 Å². The van der Waals surface area contributed by atoms with E-state index < -0.39 is 0 Å². The minimum atomic E-state index is 0.710. The van der Waals surface area contributed by atoms with E-state index in [-0.39, 0.29) is 0 Å². The van der Waals surface area contributed by atoms with Crippen molar-refractivity contribution in [2.24, 2.45) is 0 Å². The van der Waals surface area contributed by atoms with E-state index in [1.165, 1.54) is 19.3 Å². The van der Waals surface area contributed by atoms with Gasteiger partial charge in [0.15, 0.2) is 0 Å². The van der Waals surface area contributed by atoms with Crippen LogP contribution in [-0.2, 0) is 0 Å². The van der Waals surface area contributed by atoms with Gasteiger partial charge in [-0.25, -0.2) is 4.98 Å². The van der Waals surface area contributed by atoms with E-state index >= 15 is 0 Å². The van der Waals surface area contributed by atoms with Crippen LogP contribution in [0.4, 0.5) is 5.82 Å². The van der Waals surface area contributed by atoms with Gasteiger partial charge in [0.05, 0.1) is 0 Å². The third-order valence-corrected chi connectivity index (χ3v) is 5.29. The fourth-order valence-corrected chi connectivity index (χ4v) is 3.93. The molecule has 0 amide bonds. The van der Waals surface area contributed by atoms with E-state index in [0.29, 0.717) is 10.0 Å². The molecule has 0 saturated carbocycles. The number of aromatic nitrogens is 1. The van der Waals surface area contributed by atoms with Crippen LogP contribution < -0.4 is 4.90 Å². The fourth-order valence-electron chi connectivity index (χ4n) is 3.42. The number of hydrogen-bond acceptors (Lipinski definition) is 2. The van der Waals surface area contributed by atoms with Crippen LogP contribution in [0.3, 0.4) is 0 Å². The zero-order chi connectivity index (χ0) is 16.5. The first-order valence-corrected chi connectivity index (χ1v) is 9.08. The number of pyridine rings is 1. The molecule has 2 heterocycles. The summed E-state index contributed by atoms with van der Waals surface area (Å²) in [5.41, 5.74) is 1.92. The molecule has 1 aromatic heterocycles. The third kappa shape index (κ3) is 2.85. The van der Waals surface area contributed by atoms with Crippen molar-refractivity contribution < 1.29 is 0 Å². The van der Waals surface area contributed by atoms with Crippen LogP contribution in [0.2, 0.25) is 10.0 Å². The third-order valence-electron chi connectivity index (χ3n) is 4.65. The smallest absolute Gasteiger partial charge is 0.136 e. The van der Waals surface area contributed by atoms with Crippen LogP contribution in [-0.4, -0.2) is 18.1 Å². The van der Waals surface area contributed by atoms with Gasteiger partial charge in [-0.1, -0.05) is 41.4 Å². The van der Waals surface area contributed by atoms with Gasteiger partial charge in [0.2, 0.25) is 0 Å². The molecule has 1 aliphatic heterocycles. The maximum Gasteiger partial charge on any atom is 0.136 e. The normalized spacial score (nSPS) is 15.0. The summed E-state index contributed by atoms with van der Waals surface area (Å²) in [7, 11) is 0. The van der Waals surface area contributed by atoms with Crippen molar-refractivity contribution in [1.29, 1.82) is 0 Å². The molecule has 0 aliphatic carbocycles. The van der Waals surface area contributed by atoms with E-state index in [1.54, 1.807) is 0 Å². The molecule has 4 heteroatoms. The van der Waals surface area contributed by atoms with Crippen LogP contribution in [0.25, 0.3) is 21.9 Å². The SMILES string of the molecule is Clc1ccccc1-c1cc2c(N3CCCCC3)nccc2cc1Cl. The van der Waals surface area contributed by atoms with E-state index in [1.807, 2.05) is 42.6 Å². The molecule has 24 heavy (non-hydrogen) atoms. The summed E-state index contributed by atoms with van der Waals surface area (Å²) in [6.45, 7) is 2.13. The van der Waals surface area contributed by atoms with Gasteiger partial charge in [-0.2, -0.15) is 0 Å². The summed E-state index contributed by atoms with van der Waals surface area (Å²) >= 11 is 12.9. The molecule has 4 rings (SSSR count). The molecule has 0 spiro atoms. The van der Waals surface area contributed by atoms with Crippen molar-refractivity contribution >= 4 is 39.8 Å². The zero-order valence-corrected chi connectivity index (χ0v) is 14.8. The second-order valence-corrected chi connectivity index (χ2v) is 7.03. The van der Waals surface area contributed by atoms with Crippen molar-refractivity contribution in [1.82, 2.24) is 4.98 Å². The predicted octanol–water partition coefficient (Wildman–Crippen LogP) is 6.20. The molecule has 122 valence electrons. The van der Waals surface area contributed by atoms with Gasteiger partial charge in [0.25, 0.3) is 0 Å². The first kappa shape index (κ1) is 15.7. The monoisotopic (exact) mass is 356 g/mol. The van der Waals surface area contributed by atoms with Crippen LogP contribution in [0, 0.1) is 0 Å². The summed E-state index contributed by atoms with van der Waals surface area (Å²) in [6.07, 6.45) is 5.63. The van der Waals surface area contributed by atoms with Crippen LogP contribution in [0.15, 0.2) is 48.7 Å². The first-order chi connectivity index (χ1) is 11.7. The Morgan fingerprint density at radius 1 is 0.833 bits per heavy atom. The molecule has 1 saturated heterocycles. The molecule has 0 atom stereocenters. The van der Waals surface area contributed by atoms with Gasteiger partial charge in [-0.3, -0.25) is 0 Å². The lowest BCUT2D eigenvalue weighted by molar-refractivity contribution is 0.575. The van der Waals surface area contributed by atoms with E-state index in [4.69, 9.17) is 23.2 Å². The summed E-state index contributed by atoms with van der Waals surface area (Å²) in [5, 5.41) is 3.68. The number of halogens is 2. The van der Waals surface area contributed by atoms with Crippen LogP contribution >= 0.6 is 23.2 Å². The molecule has 2 aromatic carbocycles. The summed E-state index contributed by atoms with van der Waals surface area (Å²) in [5.74, 6) is 1.05. The molecular formula is C20H18Cl2N2. The standard InChI is InChI=1S/C20H18Cl2N2/c21-18-7-3-2-6-15(18)17-13-16-14(12-19(17)22)8-9-23-20(16)24-10-4-1-5-11-24/h2-3,6-9,12-13H,1,4-5,10-11H2. The Morgan fingerprint density at radius 2 is 1.62 bits per heavy atom. The Balaban J connectivity index is 1.90.